The maximum Gasteiger partial charge on any atom is 0.323 e. The molecule has 0 heterocycles. The van der Waals surface area contributed by atoms with Crippen LogP contribution in [0.4, 0.5) is 0 Å². The lowest BCUT2D eigenvalue weighted by Gasteiger charge is -2.30. The third-order valence-electron chi connectivity index (χ3n) is 3.75. The molecular weight excluding hydrogens is 338 g/mol. The van der Waals surface area contributed by atoms with Gasteiger partial charge in [-0.3, -0.25) is 24.5 Å². The van der Waals surface area contributed by atoms with Crippen LogP contribution in [-0.4, -0.2) is 55.2 Å². The molecule has 0 radical (unpaired) electrons. The maximum atomic E-state index is 12.6. The van der Waals surface area contributed by atoms with Gasteiger partial charge in [-0.2, -0.15) is 0 Å². The fourth-order valence-electron chi connectivity index (χ4n) is 2.49. The first-order chi connectivity index (χ1) is 11.4. The normalized spacial score (nSPS) is 21.0. The largest absolute Gasteiger partial charge is 0.469 e. The number of rotatable bonds is 5. The molecule has 1 aromatic carbocycles. The molecule has 0 aromatic heterocycles. The molecule has 0 aliphatic heterocycles. The Hall–Kier alpha value is -2.25. The van der Waals surface area contributed by atoms with E-state index in [0.29, 0.717) is 0 Å². The van der Waals surface area contributed by atoms with Crippen molar-refractivity contribution in [1.29, 1.82) is 0 Å². The SMILES string of the molecule is COC(=O)C[C@H](N[C@H]1C(=O)c2ccccc2C(=O)[C@@H]1Cl)C(=O)OC. The number of halogens is 1. The van der Waals surface area contributed by atoms with Crippen molar-refractivity contribution in [2.75, 3.05) is 14.2 Å². The summed E-state index contributed by atoms with van der Waals surface area (Å²) in [4.78, 5) is 48.2. The zero-order valence-electron chi connectivity index (χ0n) is 13.1. The number of ketones is 2. The summed E-state index contributed by atoms with van der Waals surface area (Å²) in [5.41, 5.74) is 0.460. The van der Waals surface area contributed by atoms with Crippen LogP contribution in [0, 0.1) is 0 Å². The minimum absolute atomic E-state index is 0.221. The van der Waals surface area contributed by atoms with E-state index in [1.165, 1.54) is 19.2 Å². The Bertz CT molecular complexity index is 689. The minimum Gasteiger partial charge on any atom is -0.469 e. The third-order valence-corrected chi connectivity index (χ3v) is 4.20. The van der Waals surface area contributed by atoms with Crippen LogP contribution in [0.15, 0.2) is 24.3 Å². The smallest absolute Gasteiger partial charge is 0.323 e. The van der Waals surface area contributed by atoms with Gasteiger partial charge in [0.15, 0.2) is 11.6 Å². The van der Waals surface area contributed by atoms with Crippen LogP contribution in [0.5, 0.6) is 0 Å². The van der Waals surface area contributed by atoms with Crippen LogP contribution < -0.4 is 5.32 Å². The number of benzene rings is 1. The number of carbonyl (C=O) groups is 4. The highest BCUT2D eigenvalue weighted by molar-refractivity contribution is 6.39. The highest BCUT2D eigenvalue weighted by Gasteiger charge is 2.42. The molecule has 1 aromatic rings. The minimum atomic E-state index is -1.20. The Morgan fingerprint density at radius 3 is 2.25 bits per heavy atom. The van der Waals surface area contributed by atoms with Gasteiger partial charge >= 0.3 is 11.9 Å². The highest BCUT2D eigenvalue weighted by atomic mass is 35.5. The molecule has 0 bridgehead atoms. The standard InChI is InChI=1S/C16H16ClNO6/c1-23-11(19)7-10(16(22)24-2)18-13-12(17)14(20)8-5-3-4-6-9(8)15(13)21/h3-6,10,12-13,18H,7H2,1-2H3/t10-,12+,13+/m0/s1. The second kappa shape index (κ2) is 7.55. The predicted molar refractivity (Wildman–Crippen MR) is 84.1 cm³/mol. The average Bonchev–Trinajstić information content (AvgIpc) is 2.61. The van der Waals surface area contributed by atoms with E-state index in [0.717, 1.165) is 7.11 Å². The zero-order chi connectivity index (χ0) is 17.9. The molecule has 1 aliphatic rings. The number of methoxy groups -OCH3 is 2. The van der Waals surface area contributed by atoms with Crippen molar-refractivity contribution in [3.8, 4) is 0 Å². The summed E-state index contributed by atoms with van der Waals surface area (Å²) in [6.45, 7) is 0. The second-order valence-corrected chi connectivity index (χ2v) is 5.65. The van der Waals surface area contributed by atoms with Crippen molar-refractivity contribution >= 4 is 35.1 Å². The Balaban J connectivity index is 2.29. The van der Waals surface area contributed by atoms with E-state index in [9.17, 15) is 19.2 Å². The van der Waals surface area contributed by atoms with Crippen LogP contribution >= 0.6 is 11.6 Å². The van der Waals surface area contributed by atoms with Crippen molar-refractivity contribution in [2.24, 2.45) is 0 Å². The zero-order valence-corrected chi connectivity index (χ0v) is 13.8. The van der Waals surface area contributed by atoms with E-state index in [1.807, 2.05) is 0 Å². The lowest BCUT2D eigenvalue weighted by molar-refractivity contribution is -0.149. The summed E-state index contributed by atoms with van der Waals surface area (Å²) in [5, 5.41) is 1.47. The van der Waals surface area contributed by atoms with Crippen molar-refractivity contribution in [2.45, 2.75) is 23.9 Å². The van der Waals surface area contributed by atoms with E-state index in [1.54, 1.807) is 12.1 Å². The van der Waals surface area contributed by atoms with Gasteiger partial charge in [-0.05, 0) is 0 Å². The summed E-state index contributed by atoms with van der Waals surface area (Å²) in [5.74, 6) is -2.28. The molecule has 0 saturated heterocycles. The van der Waals surface area contributed by atoms with Gasteiger partial charge in [0.1, 0.15) is 11.4 Å². The van der Waals surface area contributed by atoms with Crippen molar-refractivity contribution < 1.29 is 28.7 Å². The molecule has 0 saturated carbocycles. The van der Waals surface area contributed by atoms with Crippen LogP contribution in [0.3, 0.4) is 0 Å². The van der Waals surface area contributed by atoms with Gasteiger partial charge in [-0.25, -0.2) is 0 Å². The van der Waals surface area contributed by atoms with E-state index < -0.39 is 41.0 Å². The quantitative estimate of drug-likeness (QED) is 0.615. The van der Waals surface area contributed by atoms with Crippen LogP contribution in [0.1, 0.15) is 27.1 Å². The van der Waals surface area contributed by atoms with Gasteiger partial charge in [0.2, 0.25) is 0 Å². The molecule has 2 rings (SSSR count). The molecular formula is C16H16ClNO6. The number of ether oxygens (including phenoxy) is 2. The lowest BCUT2D eigenvalue weighted by Crippen LogP contribution is -2.56. The topological polar surface area (TPSA) is 98.8 Å². The first kappa shape index (κ1) is 18.1. The van der Waals surface area contributed by atoms with Gasteiger partial charge in [-0.15, -0.1) is 11.6 Å². The van der Waals surface area contributed by atoms with Gasteiger partial charge in [0.25, 0.3) is 0 Å². The Labute approximate surface area is 143 Å². The number of Topliss-reactive ketones (excluding diaryl/α,β-unsaturated/α-hetero) is 2. The van der Waals surface area contributed by atoms with Gasteiger partial charge in [0, 0.05) is 11.1 Å². The monoisotopic (exact) mass is 353 g/mol. The molecule has 0 fully saturated rings. The molecule has 7 nitrogen and oxygen atoms in total. The predicted octanol–water partition coefficient (Wildman–Crippen LogP) is 0.736. The molecule has 0 amide bonds. The number of fused-ring (bicyclic) bond motifs is 1. The van der Waals surface area contributed by atoms with Gasteiger partial charge in [0.05, 0.1) is 26.7 Å². The Kier molecular flexibility index (Phi) is 5.69. The number of alkyl halides is 1. The van der Waals surface area contributed by atoms with E-state index in [-0.39, 0.29) is 17.5 Å². The van der Waals surface area contributed by atoms with E-state index in [2.05, 4.69) is 14.8 Å². The molecule has 128 valence electrons. The summed E-state index contributed by atoms with van der Waals surface area (Å²) in [6.07, 6.45) is -0.355. The number of hydrogen-bond acceptors (Lipinski definition) is 7. The van der Waals surface area contributed by atoms with Gasteiger partial charge in [-0.1, -0.05) is 24.3 Å². The number of hydrogen-bond donors (Lipinski definition) is 1. The van der Waals surface area contributed by atoms with Crippen molar-refractivity contribution in [3.05, 3.63) is 35.4 Å². The Morgan fingerprint density at radius 2 is 1.71 bits per heavy atom. The third kappa shape index (κ3) is 3.47. The molecule has 0 unspecified atom stereocenters. The number of carbonyl (C=O) groups excluding carboxylic acids is 4. The summed E-state index contributed by atoms with van der Waals surface area (Å²) >= 11 is 6.12. The maximum absolute atomic E-state index is 12.6. The van der Waals surface area contributed by atoms with Crippen LogP contribution in [-0.2, 0) is 19.1 Å². The summed E-state index contributed by atoms with van der Waals surface area (Å²) in [7, 11) is 2.32. The average molecular weight is 354 g/mol. The fourth-order valence-corrected chi connectivity index (χ4v) is 2.80. The molecule has 24 heavy (non-hydrogen) atoms. The second-order valence-electron chi connectivity index (χ2n) is 5.18. The van der Waals surface area contributed by atoms with E-state index in [4.69, 9.17) is 11.6 Å². The van der Waals surface area contributed by atoms with E-state index >= 15 is 0 Å². The highest BCUT2D eigenvalue weighted by Crippen LogP contribution is 2.25. The Morgan fingerprint density at radius 1 is 1.12 bits per heavy atom. The summed E-state index contributed by atoms with van der Waals surface area (Å²) in [6, 6.07) is 3.99. The molecule has 0 spiro atoms. The van der Waals surface area contributed by atoms with Crippen LogP contribution in [0.2, 0.25) is 0 Å². The first-order valence-electron chi connectivity index (χ1n) is 7.13. The number of esters is 2. The lowest BCUT2D eigenvalue weighted by atomic mass is 9.85. The van der Waals surface area contributed by atoms with Crippen molar-refractivity contribution in [1.82, 2.24) is 5.32 Å². The molecule has 1 aliphatic carbocycles. The molecule has 8 heteroatoms. The molecule has 1 N–H and O–H groups in total. The first-order valence-corrected chi connectivity index (χ1v) is 7.56. The number of nitrogens with one attached hydrogen (secondary N) is 1. The van der Waals surface area contributed by atoms with Crippen molar-refractivity contribution in [3.63, 3.8) is 0 Å². The van der Waals surface area contributed by atoms with Gasteiger partial charge < -0.3 is 9.47 Å². The fraction of sp³-hybridized carbons (Fsp3) is 0.375. The summed E-state index contributed by atoms with van der Waals surface area (Å²) < 4.78 is 9.14. The van der Waals surface area contributed by atoms with Crippen LogP contribution in [0.25, 0.3) is 0 Å². The molecule has 3 atom stereocenters.